The molecule has 22 heavy (non-hydrogen) atoms. The van der Waals surface area contributed by atoms with Crippen molar-refractivity contribution < 1.29 is 9.21 Å². The first kappa shape index (κ1) is 14.4. The van der Waals surface area contributed by atoms with Gasteiger partial charge in [-0.2, -0.15) is 0 Å². The Hall–Kier alpha value is -2.53. The summed E-state index contributed by atoms with van der Waals surface area (Å²) in [6, 6.07) is 18.0. The molecule has 2 aromatic carbocycles. The fourth-order valence-corrected chi connectivity index (χ4v) is 2.51. The summed E-state index contributed by atoms with van der Waals surface area (Å²) in [4.78, 5) is 12.2. The molecule has 0 bridgehead atoms. The number of benzene rings is 2. The van der Waals surface area contributed by atoms with Crippen molar-refractivity contribution in [3.63, 3.8) is 0 Å². The fourth-order valence-electron chi connectivity index (χ4n) is 2.02. The van der Waals surface area contributed by atoms with E-state index in [9.17, 15) is 4.79 Å². The van der Waals surface area contributed by atoms with Crippen LogP contribution in [0, 0.1) is 0 Å². The summed E-state index contributed by atoms with van der Waals surface area (Å²) in [5.74, 6) is 0.584. The molecule has 110 valence electrons. The van der Waals surface area contributed by atoms with Crippen molar-refractivity contribution in [1.82, 2.24) is 0 Å². The number of amides is 1. The Kier molecular flexibility index (Phi) is 3.98. The number of hydrogen-bond donors (Lipinski definition) is 2. The first-order chi connectivity index (χ1) is 10.6. The molecule has 0 unspecified atom stereocenters. The van der Waals surface area contributed by atoms with E-state index in [4.69, 9.17) is 10.2 Å². The summed E-state index contributed by atoms with van der Waals surface area (Å²) >= 11 is 3.47. The number of carbonyl (C=O) groups is 1. The van der Waals surface area contributed by atoms with Gasteiger partial charge in [0.25, 0.3) is 5.91 Å². The van der Waals surface area contributed by atoms with Crippen LogP contribution < -0.4 is 11.1 Å². The van der Waals surface area contributed by atoms with Gasteiger partial charge >= 0.3 is 0 Å². The largest absolute Gasteiger partial charge is 0.451 e. The predicted octanol–water partition coefficient (Wildman–Crippen LogP) is 4.54. The lowest BCUT2D eigenvalue weighted by atomic mass is 10.2. The van der Waals surface area contributed by atoms with E-state index in [2.05, 4.69) is 21.2 Å². The molecule has 0 saturated heterocycles. The van der Waals surface area contributed by atoms with E-state index in [-0.39, 0.29) is 11.7 Å². The van der Waals surface area contributed by atoms with Gasteiger partial charge in [0, 0.05) is 21.4 Å². The van der Waals surface area contributed by atoms with E-state index < -0.39 is 0 Å². The maximum atomic E-state index is 12.2. The van der Waals surface area contributed by atoms with Crippen LogP contribution in [0.2, 0.25) is 0 Å². The van der Waals surface area contributed by atoms with Crippen molar-refractivity contribution in [1.29, 1.82) is 0 Å². The number of nitrogen functional groups attached to an aromatic ring is 1. The molecule has 0 saturated carbocycles. The lowest BCUT2D eigenvalue weighted by Gasteiger charge is -2.03. The van der Waals surface area contributed by atoms with Crippen LogP contribution in [0.25, 0.3) is 11.3 Å². The molecule has 4 nitrogen and oxygen atoms in total. The van der Waals surface area contributed by atoms with Gasteiger partial charge in [-0.1, -0.05) is 34.1 Å². The van der Waals surface area contributed by atoms with Crippen molar-refractivity contribution in [3.8, 4) is 11.3 Å². The van der Waals surface area contributed by atoms with Crippen LogP contribution >= 0.6 is 15.9 Å². The smallest absolute Gasteiger partial charge is 0.291 e. The second-order valence-corrected chi connectivity index (χ2v) is 5.57. The van der Waals surface area contributed by atoms with Gasteiger partial charge in [0.05, 0.1) is 0 Å². The Morgan fingerprint density at radius 1 is 1.00 bits per heavy atom. The van der Waals surface area contributed by atoms with Gasteiger partial charge in [-0.3, -0.25) is 4.79 Å². The Morgan fingerprint density at radius 2 is 1.73 bits per heavy atom. The van der Waals surface area contributed by atoms with Crippen molar-refractivity contribution >= 4 is 33.2 Å². The quantitative estimate of drug-likeness (QED) is 0.676. The topological polar surface area (TPSA) is 68.3 Å². The minimum atomic E-state index is -0.303. The van der Waals surface area contributed by atoms with Gasteiger partial charge in [0.1, 0.15) is 5.76 Å². The molecule has 0 spiro atoms. The number of halogens is 1. The van der Waals surface area contributed by atoms with Crippen LogP contribution in [0.5, 0.6) is 0 Å². The number of anilines is 2. The van der Waals surface area contributed by atoms with Crippen LogP contribution in [0.15, 0.2) is 69.6 Å². The average Bonchev–Trinajstić information content (AvgIpc) is 3.00. The second kappa shape index (κ2) is 6.07. The average molecular weight is 357 g/mol. The Morgan fingerprint density at radius 3 is 2.45 bits per heavy atom. The summed E-state index contributed by atoms with van der Waals surface area (Å²) in [5.41, 5.74) is 7.82. The highest BCUT2D eigenvalue weighted by molar-refractivity contribution is 9.10. The maximum Gasteiger partial charge on any atom is 0.291 e. The molecule has 1 aromatic heterocycles. The number of hydrogen-bond acceptors (Lipinski definition) is 3. The molecule has 1 amide bonds. The van der Waals surface area contributed by atoms with Gasteiger partial charge in [-0.05, 0) is 42.5 Å². The van der Waals surface area contributed by atoms with E-state index in [1.165, 1.54) is 0 Å². The number of nitrogens with two attached hydrogens (primary N) is 1. The molecule has 0 aliphatic heterocycles. The van der Waals surface area contributed by atoms with Crippen LogP contribution in [0.3, 0.4) is 0 Å². The molecule has 0 aliphatic rings. The van der Waals surface area contributed by atoms with E-state index in [0.717, 1.165) is 10.0 Å². The number of rotatable bonds is 3. The van der Waals surface area contributed by atoms with Crippen molar-refractivity contribution in [2.75, 3.05) is 11.1 Å². The van der Waals surface area contributed by atoms with Crippen molar-refractivity contribution in [2.45, 2.75) is 0 Å². The molecule has 0 atom stereocenters. The highest BCUT2D eigenvalue weighted by Gasteiger charge is 2.13. The predicted molar refractivity (Wildman–Crippen MR) is 90.7 cm³/mol. The zero-order valence-electron chi connectivity index (χ0n) is 11.5. The van der Waals surface area contributed by atoms with E-state index in [0.29, 0.717) is 17.1 Å². The summed E-state index contributed by atoms with van der Waals surface area (Å²) in [6.45, 7) is 0. The summed E-state index contributed by atoms with van der Waals surface area (Å²) < 4.78 is 6.55. The van der Waals surface area contributed by atoms with Gasteiger partial charge in [-0.15, -0.1) is 0 Å². The molecular weight excluding hydrogens is 344 g/mol. The van der Waals surface area contributed by atoms with Gasteiger partial charge < -0.3 is 15.5 Å². The minimum Gasteiger partial charge on any atom is -0.451 e. The van der Waals surface area contributed by atoms with Crippen molar-refractivity contribution in [2.24, 2.45) is 0 Å². The molecule has 0 aliphatic carbocycles. The third-order valence-corrected chi connectivity index (χ3v) is 3.83. The first-order valence-corrected chi connectivity index (χ1v) is 7.44. The van der Waals surface area contributed by atoms with E-state index in [1.807, 2.05) is 24.3 Å². The summed E-state index contributed by atoms with van der Waals surface area (Å²) in [6.07, 6.45) is 0. The Bertz CT molecular complexity index is 810. The standard InChI is InChI=1S/C17H13BrN2O2/c18-14-4-2-1-3-13(14)15-9-10-16(22-15)17(21)20-12-7-5-11(19)6-8-12/h1-10H,19H2,(H,20,21). The van der Waals surface area contributed by atoms with E-state index >= 15 is 0 Å². The number of furan rings is 1. The third-order valence-electron chi connectivity index (χ3n) is 3.14. The molecule has 1 heterocycles. The maximum absolute atomic E-state index is 12.2. The SMILES string of the molecule is Nc1ccc(NC(=O)c2ccc(-c3ccccc3Br)o2)cc1. The van der Waals surface area contributed by atoms with Gasteiger partial charge in [0.2, 0.25) is 0 Å². The molecule has 3 aromatic rings. The minimum absolute atomic E-state index is 0.252. The van der Waals surface area contributed by atoms with Crippen LogP contribution in [-0.4, -0.2) is 5.91 Å². The monoisotopic (exact) mass is 356 g/mol. The zero-order valence-corrected chi connectivity index (χ0v) is 13.1. The van der Waals surface area contributed by atoms with E-state index in [1.54, 1.807) is 36.4 Å². The number of nitrogens with one attached hydrogen (secondary N) is 1. The lowest BCUT2D eigenvalue weighted by molar-refractivity contribution is 0.0997. The van der Waals surface area contributed by atoms with Crippen molar-refractivity contribution in [3.05, 3.63) is 70.9 Å². The second-order valence-electron chi connectivity index (χ2n) is 4.72. The highest BCUT2D eigenvalue weighted by atomic mass is 79.9. The summed E-state index contributed by atoms with van der Waals surface area (Å²) in [5, 5.41) is 2.76. The highest BCUT2D eigenvalue weighted by Crippen LogP contribution is 2.29. The molecule has 5 heteroatoms. The van der Waals surface area contributed by atoms with Gasteiger partial charge in [-0.25, -0.2) is 0 Å². The fraction of sp³-hybridized carbons (Fsp3) is 0. The summed E-state index contributed by atoms with van der Waals surface area (Å²) in [7, 11) is 0. The lowest BCUT2D eigenvalue weighted by Crippen LogP contribution is -2.10. The van der Waals surface area contributed by atoms with Crippen LogP contribution in [0.1, 0.15) is 10.6 Å². The normalized spacial score (nSPS) is 10.4. The third kappa shape index (κ3) is 3.04. The molecule has 0 radical (unpaired) electrons. The Labute approximate surface area is 136 Å². The molecule has 3 N–H and O–H groups in total. The van der Waals surface area contributed by atoms with Crippen LogP contribution in [-0.2, 0) is 0 Å². The molecular formula is C17H13BrN2O2. The van der Waals surface area contributed by atoms with Gasteiger partial charge in [0.15, 0.2) is 5.76 Å². The first-order valence-electron chi connectivity index (χ1n) is 6.65. The molecule has 3 rings (SSSR count). The number of carbonyl (C=O) groups excluding carboxylic acids is 1. The Balaban J connectivity index is 1.80. The molecule has 0 fully saturated rings. The van der Waals surface area contributed by atoms with Crippen LogP contribution in [0.4, 0.5) is 11.4 Å². The zero-order chi connectivity index (χ0) is 15.5.